The average molecular weight is 681 g/mol. The van der Waals surface area contributed by atoms with Crippen LogP contribution < -0.4 is 0 Å². The van der Waals surface area contributed by atoms with Crippen molar-refractivity contribution in [2.45, 2.75) is 0 Å². The summed E-state index contributed by atoms with van der Waals surface area (Å²) in [5, 5.41) is 0. The molecule has 240 valence electrons. The number of halogens is 10. The summed E-state index contributed by atoms with van der Waals surface area (Å²) in [5.41, 5.74) is -0.975. The van der Waals surface area contributed by atoms with Crippen LogP contribution in [0, 0.1) is 153 Å². The van der Waals surface area contributed by atoms with E-state index in [1.54, 1.807) is 23.7 Å². The van der Waals surface area contributed by atoms with E-state index in [0.717, 1.165) is 11.1 Å². The van der Waals surface area contributed by atoms with Gasteiger partial charge in [-0.05, 0) is 107 Å². The third kappa shape index (κ3) is 10.3. The van der Waals surface area contributed by atoms with E-state index in [1.165, 1.54) is 0 Å². The second-order valence-electron chi connectivity index (χ2n) is 8.62. The van der Waals surface area contributed by atoms with Crippen molar-refractivity contribution in [3.63, 3.8) is 0 Å². The Bertz CT molecular complexity index is 2230. The highest BCUT2D eigenvalue weighted by Crippen LogP contribution is 2.23. The van der Waals surface area contributed by atoms with Crippen LogP contribution in [-0.2, 0) is 0 Å². The van der Waals surface area contributed by atoms with Crippen molar-refractivity contribution in [2.24, 2.45) is 0 Å². The lowest BCUT2D eigenvalue weighted by Gasteiger charge is -2.01. The normalized spacial score (nSPS) is 8.52. The molecule has 0 heterocycles. The highest BCUT2D eigenvalue weighted by Gasteiger charge is 2.25. The molecule has 0 N–H and O–H groups in total. The molecular weight excluding hydrogens is 670 g/mol. The second kappa shape index (κ2) is 18.7. The van der Waals surface area contributed by atoms with Crippen LogP contribution in [-0.4, -0.2) is 0 Å². The van der Waals surface area contributed by atoms with Gasteiger partial charge in [-0.25, -0.2) is 43.9 Å². The molecule has 0 bridgehead atoms. The van der Waals surface area contributed by atoms with Gasteiger partial charge in [0.05, 0.1) is 0 Å². The van der Waals surface area contributed by atoms with Crippen molar-refractivity contribution in [3.8, 4) is 94.7 Å². The van der Waals surface area contributed by atoms with E-state index in [1.807, 2.05) is 84.3 Å². The Balaban J connectivity index is 0.000000292. The molecule has 10 heteroatoms. The molecule has 0 aliphatic heterocycles. The SMILES string of the molecule is C(C#CC#Cc1ccccc1)#CC#Cc1ccccc1.Fc1c(F)c(F)c(C#CC#CC#CC#Cc2c(F)c(F)c(F)c(F)c2F)c(F)c1F. The maximum Gasteiger partial charge on any atom is 0.200 e. The Morgan fingerprint density at radius 1 is 0.240 bits per heavy atom. The first-order valence-corrected chi connectivity index (χ1v) is 13.2. The molecule has 0 saturated carbocycles. The smallest absolute Gasteiger partial charge is 0.200 e. The molecule has 0 aromatic heterocycles. The largest absolute Gasteiger partial charge is 0.202 e. The maximum atomic E-state index is 13.3. The first-order chi connectivity index (χ1) is 24.0. The van der Waals surface area contributed by atoms with Crippen LogP contribution in [0.4, 0.5) is 43.9 Å². The fourth-order valence-electron chi connectivity index (χ4n) is 3.12. The lowest BCUT2D eigenvalue weighted by molar-refractivity contribution is 0.376. The second-order valence-corrected chi connectivity index (χ2v) is 8.62. The average Bonchev–Trinajstić information content (AvgIpc) is 3.14. The first kappa shape index (κ1) is 37.1. The molecule has 50 heavy (non-hydrogen) atoms. The summed E-state index contributed by atoms with van der Waals surface area (Å²) >= 11 is 0. The lowest BCUT2D eigenvalue weighted by Crippen LogP contribution is -2.04. The van der Waals surface area contributed by atoms with Gasteiger partial charge in [0.25, 0.3) is 0 Å². The predicted octanol–water partition coefficient (Wildman–Crippen LogP) is 7.58. The van der Waals surface area contributed by atoms with Crippen LogP contribution in [0.15, 0.2) is 60.7 Å². The number of rotatable bonds is 0. The molecule has 0 aliphatic carbocycles. The Morgan fingerprint density at radius 3 is 0.740 bits per heavy atom. The molecule has 0 fully saturated rings. The fraction of sp³-hybridized carbons (Fsp3) is 0. The number of hydrogen-bond donors (Lipinski definition) is 0. The van der Waals surface area contributed by atoms with E-state index in [9.17, 15) is 43.9 Å². The zero-order chi connectivity index (χ0) is 36.5. The summed E-state index contributed by atoms with van der Waals surface area (Å²) in [7, 11) is 0. The summed E-state index contributed by atoms with van der Waals surface area (Å²) < 4.78 is 131. The highest BCUT2D eigenvalue weighted by atomic mass is 19.2. The highest BCUT2D eigenvalue weighted by molar-refractivity contribution is 5.48. The molecule has 4 aromatic carbocycles. The molecule has 0 atom stereocenters. The zero-order valence-corrected chi connectivity index (χ0v) is 24.6. The molecule has 4 rings (SSSR count). The van der Waals surface area contributed by atoms with Gasteiger partial charge in [-0.2, -0.15) is 0 Å². The third-order valence-electron chi connectivity index (χ3n) is 5.38. The summed E-state index contributed by atoms with van der Waals surface area (Å²) in [6.07, 6.45) is 0. The van der Waals surface area contributed by atoms with Gasteiger partial charge < -0.3 is 0 Å². The van der Waals surface area contributed by atoms with Gasteiger partial charge in [0.15, 0.2) is 46.5 Å². The van der Waals surface area contributed by atoms with E-state index in [2.05, 4.69) is 47.4 Å². The van der Waals surface area contributed by atoms with Crippen LogP contribution in [0.3, 0.4) is 0 Å². The van der Waals surface area contributed by atoms with Gasteiger partial charge in [0.2, 0.25) is 11.6 Å². The lowest BCUT2D eigenvalue weighted by atomic mass is 10.1. The standard InChI is InChI=1S/C20F10.C20H10/c21-11-9(12(22)16(26)19(29)15(11)25)7-5-3-1-2-4-6-8-10-13(23)17(27)20(30)18(28)14(10)24;1(3-7-13-19-15-9-5-10-16-19)2-4-8-14-20-17-11-6-12-18-20/h;5-6,9-12,15-18H. The molecule has 0 aliphatic rings. The van der Waals surface area contributed by atoms with E-state index >= 15 is 0 Å². The van der Waals surface area contributed by atoms with Gasteiger partial charge in [0.1, 0.15) is 11.1 Å². The van der Waals surface area contributed by atoms with Crippen molar-refractivity contribution >= 4 is 0 Å². The molecule has 0 spiro atoms. The summed E-state index contributed by atoms with van der Waals surface area (Å²) in [6, 6.07) is 19.4. The molecule has 0 nitrogen and oxygen atoms in total. The van der Waals surface area contributed by atoms with Crippen LogP contribution in [0.1, 0.15) is 22.3 Å². The van der Waals surface area contributed by atoms with Crippen LogP contribution >= 0.6 is 0 Å². The minimum Gasteiger partial charge on any atom is -0.202 e. The maximum absolute atomic E-state index is 13.3. The molecule has 0 radical (unpaired) electrons. The van der Waals surface area contributed by atoms with Gasteiger partial charge in [-0.3, -0.25) is 0 Å². The number of benzene rings is 4. The Morgan fingerprint density at radius 2 is 0.460 bits per heavy atom. The van der Waals surface area contributed by atoms with Crippen molar-refractivity contribution in [3.05, 3.63) is 141 Å². The van der Waals surface area contributed by atoms with Crippen molar-refractivity contribution in [1.29, 1.82) is 0 Å². The monoisotopic (exact) mass is 680 g/mol. The minimum atomic E-state index is -2.36. The summed E-state index contributed by atoms with van der Waals surface area (Å²) in [4.78, 5) is 0. The first-order valence-electron chi connectivity index (χ1n) is 13.2. The molecule has 0 saturated heterocycles. The van der Waals surface area contributed by atoms with E-state index in [0.29, 0.717) is 0 Å². The Hall–Kier alpha value is -7.34. The van der Waals surface area contributed by atoms with Crippen LogP contribution in [0.2, 0.25) is 0 Å². The fourth-order valence-corrected chi connectivity index (χ4v) is 3.12. The summed E-state index contributed by atoms with van der Waals surface area (Å²) in [5.74, 6) is 14.0. The molecular formula is C40H10F10. The third-order valence-corrected chi connectivity index (χ3v) is 5.38. The minimum absolute atomic E-state index is 0.943. The van der Waals surface area contributed by atoms with Crippen LogP contribution in [0.5, 0.6) is 0 Å². The van der Waals surface area contributed by atoms with Crippen molar-refractivity contribution in [2.75, 3.05) is 0 Å². The Kier molecular flexibility index (Phi) is 13.9. The van der Waals surface area contributed by atoms with Gasteiger partial charge in [-0.1, -0.05) is 48.2 Å². The van der Waals surface area contributed by atoms with E-state index in [4.69, 9.17) is 0 Å². The quantitative estimate of drug-likeness (QED) is 0.0778. The van der Waals surface area contributed by atoms with Gasteiger partial charge in [0, 0.05) is 11.1 Å². The topological polar surface area (TPSA) is 0 Å². The van der Waals surface area contributed by atoms with Crippen molar-refractivity contribution in [1.82, 2.24) is 0 Å². The van der Waals surface area contributed by atoms with E-state index in [-0.39, 0.29) is 0 Å². The predicted molar refractivity (Wildman–Crippen MR) is 164 cm³/mol. The molecule has 0 amide bonds. The van der Waals surface area contributed by atoms with Crippen molar-refractivity contribution < 1.29 is 43.9 Å². The van der Waals surface area contributed by atoms with Gasteiger partial charge >= 0.3 is 0 Å². The molecule has 0 unspecified atom stereocenters. The number of hydrogen-bond acceptors (Lipinski definition) is 0. The van der Waals surface area contributed by atoms with Crippen LogP contribution in [0.25, 0.3) is 0 Å². The van der Waals surface area contributed by atoms with E-state index < -0.39 is 69.3 Å². The summed E-state index contributed by atoms with van der Waals surface area (Å²) in [6.45, 7) is 0. The zero-order valence-electron chi connectivity index (χ0n) is 24.6. The Labute approximate surface area is 279 Å². The van der Waals surface area contributed by atoms with Gasteiger partial charge in [-0.15, -0.1) is 0 Å². The molecule has 4 aromatic rings.